The molecule has 2 amide bonds. The van der Waals surface area contributed by atoms with E-state index in [1.54, 1.807) is 29.5 Å². The van der Waals surface area contributed by atoms with Gasteiger partial charge in [0.15, 0.2) is 0 Å². The molecule has 2 aliphatic rings. The molecule has 0 atom stereocenters. The summed E-state index contributed by atoms with van der Waals surface area (Å²) in [6.45, 7) is 3.06. The Kier molecular flexibility index (Phi) is 6.62. The number of piperidine rings is 2. The maximum Gasteiger partial charge on any atom is 0.246 e. The molecule has 0 bridgehead atoms. The number of carbonyl (C=O) groups excluding carboxylic acids is 2. The molecule has 0 saturated carbocycles. The highest BCUT2D eigenvalue weighted by molar-refractivity contribution is 7.16. The number of amides is 2. The normalized spacial score (nSPS) is 18.2. The highest BCUT2D eigenvalue weighted by Crippen LogP contribution is 2.29. The van der Waals surface area contributed by atoms with Crippen LogP contribution < -0.4 is 0 Å². The van der Waals surface area contributed by atoms with Crippen molar-refractivity contribution in [2.75, 3.05) is 26.2 Å². The Morgan fingerprint density at radius 1 is 0.900 bits per heavy atom. The summed E-state index contributed by atoms with van der Waals surface area (Å²) in [7, 11) is 0. The van der Waals surface area contributed by atoms with Crippen molar-refractivity contribution in [3.8, 4) is 10.4 Å². The van der Waals surface area contributed by atoms with Gasteiger partial charge in [-0.1, -0.05) is 12.1 Å². The summed E-state index contributed by atoms with van der Waals surface area (Å²) in [5.74, 6) is 0.0916. The van der Waals surface area contributed by atoms with Crippen molar-refractivity contribution in [2.24, 2.45) is 5.92 Å². The second-order valence-electron chi connectivity index (χ2n) is 8.03. The number of hydrogen-bond acceptors (Lipinski definition) is 3. The van der Waals surface area contributed by atoms with Gasteiger partial charge < -0.3 is 9.80 Å². The Bertz CT molecular complexity index is 908. The maximum absolute atomic E-state index is 13.1. The first-order chi connectivity index (χ1) is 14.6. The van der Waals surface area contributed by atoms with Gasteiger partial charge in [0.05, 0.1) is 0 Å². The third-order valence-electron chi connectivity index (χ3n) is 5.97. The zero-order valence-electron chi connectivity index (χ0n) is 17.1. The Balaban J connectivity index is 1.29. The van der Waals surface area contributed by atoms with Crippen LogP contribution in [-0.2, 0) is 9.59 Å². The first kappa shape index (κ1) is 20.8. The van der Waals surface area contributed by atoms with Crippen LogP contribution in [0.25, 0.3) is 16.5 Å². The standard InChI is InChI=1S/C24H27FN2O2S/c25-20-6-4-18(5-7-20)22-10-8-21(30-22)9-11-23(28)26-16-12-19(13-17-26)24(29)27-14-2-1-3-15-27/h4-11,19H,1-3,12-17H2/b11-9+. The molecule has 0 radical (unpaired) electrons. The van der Waals surface area contributed by atoms with Crippen LogP contribution in [0.4, 0.5) is 4.39 Å². The van der Waals surface area contributed by atoms with Crippen LogP contribution in [-0.4, -0.2) is 47.8 Å². The Labute approximate surface area is 181 Å². The Hall–Kier alpha value is -2.47. The lowest BCUT2D eigenvalue weighted by atomic mass is 9.94. The molecule has 30 heavy (non-hydrogen) atoms. The van der Waals surface area contributed by atoms with Gasteiger partial charge in [-0.25, -0.2) is 4.39 Å². The highest BCUT2D eigenvalue weighted by Gasteiger charge is 2.30. The van der Waals surface area contributed by atoms with E-state index < -0.39 is 0 Å². The Morgan fingerprint density at radius 2 is 1.60 bits per heavy atom. The lowest BCUT2D eigenvalue weighted by Gasteiger charge is -2.35. The van der Waals surface area contributed by atoms with E-state index in [1.807, 2.05) is 28.0 Å². The van der Waals surface area contributed by atoms with Crippen LogP contribution in [0.15, 0.2) is 42.5 Å². The molecule has 158 valence electrons. The lowest BCUT2D eigenvalue weighted by Crippen LogP contribution is -2.45. The molecular weight excluding hydrogens is 399 g/mol. The summed E-state index contributed by atoms with van der Waals surface area (Å²) in [6.07, 6.45) is 8.40. The summed E-state index contributed by atoms with van der Waals surface area (Å²) < 4.78 is 13.1. The molecule has 1 aromatic carbocycles. The van der Waals surface area contributed by atoms with Crippen LogP contribution in [0.5, 0.6) is 0 Å². The number of hydrogen-bond donors (Lipinski definition) is 0. The van der Waals surface area contributed by atoms with E-state index in [2.05, 4.69) is 0 Å². The fraction of sp³-hybridized carbons (Fsp3) is 0.417. The molecule has 4 nitrogen and oxygen atoms in total. The van der Waals surface area contributed by atoms with Crippen molar-refractivity contribution in [3.05, 3.63) is 53.2 Å². The first-order valence-corrected chi connectivity index (χ1v) is 11.5. The fourth-order valence-corrected chi connectivity index (χ4v) is 5.11. The van der Waals surface area contributed by atoms with E-state index in [1.165, 1.54) is 18.6 Å². The highest BCUT2D eigenvalue weighted by atomic mass is 32.1. The number of carbonyl (C=O) groups is 2. The molecule has 2 aromatic rings. The predicted octanol–water partition coefficient (Wildman–Crippen LogP) is 4.82. The largest absolute Gasteiger partial charge is 0.342 e. The summed E-state index contributed by atoms with van der Waals surface area (Å²) >= 11 is 1.57. The van der Waals surface area contributed by atoms with Crippen LogP contribution in [0.1, 0.15) is 37.0 Å². The minimum Gasteiger partial charge on any atom is -0.342 e. The predicted molar refractivity (Wildman–Crippen MR) is 118 cm³/mol. The topological polar surface area (TPSA) is 40.6 Å². The quantitative estimate of drug-likeness (QED) is 0.658. The second kappa shape index (κ2) is 9.56. The van der Waals surface area contributed by atoms with Gasteiger partial charge >= 0.3 is 0 Å². The van der Waals surface area contributed by atoms with Gasteiger partial charge in [-0.2, -0.15) is 0 Å². The number of nitrogens with zero attached hydrogens (tertiary/aromatic N) is 2. The monoisotopic (exact) mass is 426 g/mol. The molecular formula is C24H27FN2O2S. The summed E-state index contributed by atoms with van der Waals surface area (Å²) in [5, 5.41) is 0. The van der Waals surface area contributed by atoms with Gasteiger partial charge in [0.2, 0.25) is 11.8 Å². The second-order valence-corrected chi connectivity index (χ2v) is 9.14. The van der Waals surface area contributed by atoms with E-state index in [9.17, 15) is 14.0 Å². The van der Waals surface area contributed by atoms with Crippen molar-refractivity contribution in [1.82, 2.24) is 9.80 Å². The fourth-order valence-electron chi connectivity index (χ4n) is 4.19. The molecule has 4 rings (SSSR count). The average molecular weight is 427 g/mol. The summed E-state index contributed by atoms with van der Waals surface area (Å²) in [5.41, 5.74) is 0.966. The van der Waals surface area contributed by atoms with Crippen LogP contribution in [0, 0.1) is 11.7 Å². The van der Waals surface area contributed by atoms with Gasteiger partial charge in [-0.15, -0.1) is 11.3 Å². The zero-order valence-corrected chi connectivity index (χ0v) is 17.9. The number of rotatable bonds is 4. The Morgan fingerprint density at radius 3 is 2.30 bits per heavy atom. The lowest BCUT2D eigenvalue weighted by molar-refractivity contribution is -0.140. The smallest absolute Gasteiger partial charge is 0.246 e. The van der Waals surface area contributed by atoms with Gasteiger partial charge in [-0.05, 0) is 68.0 Å². The SMILES string of the molecule is O=C(/C=C/c1ccc(-c2ccc(F)cc2)s1)N1CCC(C(=O)N2CCCCC2)CC1. The van der Waals surface area contributed by atoms with Crippen molar-refractivity contribution >= 4 is 29.2 Å². The molecule has 0 N–H and O–H groups in total. The number of benzene rings is 1. The molecule has 6 heteroatoms. The molecule has 2 aliphatic heterocycles. The van der Waals surface area contributed by atoms with Crippen molar-refractivity contribution in [1.29, 1.82) is 0 Å². The van der Waals surface area contributed by atoms with Crippen molar-refractivity contribution in [3.63, 3.8) is 0 Å². The third kappa shape index (κ3) is 4.98. The third-order valence-corrected chi connectivity index (χ3v) is 7.07. The van der Waals surface area contributed by atoms with Gasteiger partial charge in [0.25, 0.3) is 0 Å². The molecule has 2 fully saturated rings. The summed E-state index contributed by atoms with van der Waals surface area (Å²) in [6, 6.07) is 10.4. The van der Waals surface area contributed by atoms with E-state index in [4.69, 9.17) is 0 Å². The first-order valence-electron chi connectivity index (χ1n) is 10.7. The minimum absolute atomic E-state index is 0.00407. The molecule has 0 spiro atoms. The molecule has 3 heterocycles. The zero-order chi connectivity index (χ0) is 20.9. The average Bonchev–Trinajstić information content (AvgIpc) is 3.27. The van der Waals surface area contributed by atoms with E-state index in [0.717, 1.165) is 54.1 Å². The van der Waals surface area contributed by atoms with Gasteiger partial charge in [-0.3, -0.25) is 9.59 Å². The molecule has 2 saturated heterocycles. The van der Waals surface area contributed by atoms with Gasteiger partial charge in [0.1, 0.15) is 5.82 Å². The number of likely N-dealkylation sites (tertiary alicyclic amines) is 2. The van der Waals surface area contributed by atoms with Crippen LogP contribution in [0.2, 0.25) is 0 Å². The van der Waals surface area contributed by atoms with E-state index >= 15 is 0 Å². The molecule has 0 aliphatic carbocycles. The molecule has 0 unspecified atom stereocenters. The van der Waals surface area contributed by atoms with Crippen LogP contribution in [0.3, 0.4) is 0 Å². The number of halogens is 1. The molecule has 1 aromatic heterocycles. The van der Waals surface area contributed by atoms with Crippen molar-refractivity contribution in [2.45, 2.75) is 32.1 Å². The van der Waals surface area contributed by atoms with Crippen LogP contribution >= 0.6 is 11.3 Å². The number of thiophene rings is 1. The van der Waals surface area contributed by atoms with E-state index in [0.29, 0.717) is 13.1 Å². The maximum atomic E-state index is 13.1. The van der Waals surface area contributed by atoms with E-state index in [-0.39, 0.29) is 23.5 Å². The van der Waals surface area contributed by atoms with Gasteiger partial charge in [0, 0.05) is 47.9 Å². The summed E-state index contributed by atoms with van der Waals surface area (Å²) in [4.78, 5) is 31.1. The van der Waals surface area contributed by atoms with Crippen molar-refractivity contribution < 1.29 is 14.0 Å². The minimum atomic E-state index is -0.248.